The molecule has 0 amide bonds. The van der Waals surface area contributed by atoms with E-state index in [1.54, 1.807) is 6.92 Å². The molecule has 0 spiro atoms. The van der Waals surface area contributed by atoms with E-state index in [1.165, 1.54) is 5.56 Å². The van der Waals surface area contributed by atoms with Gasteiger partial charge in [-0.1, -0.05) is 30.3 Å². The number of esters is 1. The van der Waals surface area contributed by atoms with Crippen LogP contribution in [-0.2, 0) is 16.0 Å². The van der Waals surface area contributed by atoms with Crippen molar-refractivity contribution in [2.24, 2.45) is 5.73 Å². The summed E-state index contributed by atoms with van der Waals surface area (Å²) >= 11 is 0. The van der Waals surface area contributed by atoms with Gasteiger partial charge in [0.15, 0.2) is 0 Å². The molecule has 1 atom stereocenters. The van der Waals surface area contributed by atoms with Gasteiger partial charge >= 0.3 is 5.97 Å². The fourth-order valence-electron chi connectivity index (χ4n) is 1.53. The van der Waals surface area contributed by atoms with Crippen molar-refractivity contribution in [3.63, 3.8) is 0 Å². The summed E-state index contributed by atoms with van der Waals surface area (Å²) in [5, 5.41) is 0. The zero-order valence-corrected chi connectivity index (χ0v) is 9.69. The minimum Gasteiger partial charge on any atom is -0.466 e. The van der Waals surface area contributed by atoms with Crippen molar-refractivity contribution in [3.05, 3.63) is 35.9 Å². The van der Waals surface area contributed by atoms with Gasteiger partial charge in [0.05, 0.1) is 13.0 Å². The lowest BCUT2D eigenvalue weighted by atomic mass is 10.0. The van der Waals surface area contributed by atoms with Crippen LogP contribution in [0.1, 0.15) is 25.3 Å². The van der Waals surface area contributed by atoms with Gasteiger partial charge in [0.1, 0.15) is 0 Å². The molecule has 1 rings (SSSR count). The SMILES string of the molecule is CCOC(=O)CC(N)CCc1ccccc1. The number of rotatable bonds is 6. The Labute approximate surface area is 96.6 Å². The van der Waals surface area contributed by atoms with Gasteiger partial charge in [0.25, 0.3) is 0 Å². The average molecular weight is 221 g/mol. The van der Waals surface area contributed by atoms with Gasteiger partial charge in [0, 0.05) is 6.04 Å². The first-order valence-corrected chi connectivity index (χ1v) is 5.67. The molecule has 0 saturated heterocycles. The predicted molar refractivity (Wildman–Crippen MR) is 64.0 cm³/mol. The average Bonchev–Trinajstić information content (AvgIpc) is 2.28. The Kier molecular flexibility index (Phi) is 5.57. The van der Waals surface area contributed by atoms with Crippen LogP contribution >= 0.6 is 0 Å². The quantitative estimate of drug-likeness (QED) is 0.746. The van der Waals surface area contributed by atoms with Gasteiger partial charge in [-0.05, 0) is 25.3 Å². The molecule has 0 aliphatic carbocycles. The Bertz CT molecular complexity index is 311. The number of hydrogen-bond donors (Lipinski definition) is 1. The third-order valence-electron chi connectivity index (χ3n) is 2.38. The summed E-state index contributed by atoms with van der Waals surface area (Å²) < 4.78 is 4.85. The van der Waals surface area contributed by atoms with E-state index in [0.717, 1.165) is 12.8 Å². The topological polar surface area (TPSA) is 52.3 Å². The summed E-state index contributed by atoms with van der Waals surface area (Å²) in [4.78, 5) is 11.2. The molecule has 0 aliphatic rings. The summed E-state index contributed by atoms with van der Waals surface area (Å²) in [6, 6.07) is 10.0. The van der Waals surface area contributed by atoms with Crippen LogP contribution in [0.3, 0.4) is 0 Å². The maximum Gasteiger partial charge on any atom is 0.307 e. The van der Waals surface area contributed by atoms with E-state index in [0.29, 0.717) is 13.0 Å². The minimum absolute atomic E-state index is 0.112. The molecule has 2 N–H and O–H groups in total. The lowest BCUT2D eigenvalue weighted by Gasteiger charge is -2.10. The molecular weight excluding hydrogens is 202 g/mol. The van der Waals surface area contributed by atoms with Gasteiger partial charge in [-0.25, -0.2) is 0 Å². The van der Waals surface area contributed by atoms with Crippen LogP contribution in [0.15, 0.2) is 30.3 Å². The van der Waals surface area contributed by atoms with E-state index < -0.39 is 0 Å². The second-order valence-corrected chi connectivity index (χ2v) is 3.79. The first-order chi connectivity index (χ1) is 7.72. The lowest BCUT2D eigenvalue weighted by Crippen LogP contribution is -2.25. The molecule has 0 heterocycles. The van der Waals surface area contributed by atoms with Crippen molar-refractivity contribution in [1.82, 2.24) is 0 Å². The van der Waals surface area contributed by atoms with Crippen LogP contribution in [0.25, 0.3) is 0 Å². The Morgan fingerprint density at radius 2 is 2.06 bits per heavy atom. The number of benzene rings is 1. The molecule has 0 radical (unpaired) electrons. The van der Waals surface area contributed by atoms with Gasteiger partial charge in [-0.15, -0.1) is 0 Å². The minimum atomic E-state index is -0.205. The van der Waals surface area contributed by atoms with Crippen LogP contribution in [0.5, 0.6) is 0 Å². The first-order valence-electron chi connectivity index (χ1n) is 5.67. The number of carbonyl (C=O) groups excluding carboxylic acids is 1. The Morgan fingerprint density at radius 3 is 2.69 bits per heavy atom. The van der Waals surface area contributed by atoms with E-state index in [9.17, 15) is 4.79 Å². The fourth-order valence-corrected chi connectivity index (χ4v) is 1.53. The van der Waals surface area contributed by atoms with E-state index in [2.05, 4.69) is 12.1 Å². The van der Waals surface area contributed by atoms with E-state index >= 15 is 0 Å². The van der Waals surface area contributed by atoms with Crippen molar-refractivity contribution in [2.45, 2.75) is 32.2 Å². The van der Waals surface area contributed by atoms with E-state index in [-0.39, 0.29) is 12.0 Å². The van der Waals surface area contributed by atoms with Crippen molar-refractivity contribution < 1.29 is 9.53 Å². The number of hydrogen-bond acceptors (Lipinski definition) is 3. The second-order valence-electron chi connectivity index (χ2n) is 3.79. The molecule has 3 nitrogen and oxygen atoms in total. The van der Waals surface area contributed by atoms with Crippen LogP contribution in [-0.4, -0.2) is 18.6 Å². The molecular formula is C13H19NO2. The summed E-state index contributed by atoms with van der Waals surface area (Å²) in [7, 11) is 0. The highest BCUT2D eigenvalue weighted by molar-refractivity contribution is 5.70. The monoisotopic (exact) mass is 221 g/mol. The largest absolute Gasteiger partial charge is 0.466 e. The van der Waals surface area contributed by atoms with Crippen LogP contribution in [0.2, 0.25) is 0 Å². The van der Waals surface area contributed by atoms with Gasteiger partial charge in [-0.3, -0.25) is 4.79 Å². The second kappa shape index (κ2) is 7.01. The lowest BCUT2D eigenvalue weighted by molar-refractivity contribution is -0.143. The highest BCUT2D eigenvalue weighted by Gasteiger charge is 2.09. The molecule has 1 aromatic rings. The molecule has 16 heavy (non-hydrogen) atoms. The van der Waals surface area contributed by atoms with Crippen LogP contribution in [0.4, 0.5) is 0 Å². The van der Waals surface area contributed by atoms with E-state index in [1.807, 2.05) is 18.2 Å². The smallest absolute Gasteiger partial charge is 0.307 e. The fraction of sp³-hybridized carbons (Fsp3) is 0.462. The summed E-state index contributed by atoms with van der Waals surface area (Å²) in [6.45, 7) is 2.22. The van der Waals surface area contributed by atoms with Crippen molar-refractivity contribution in [2.75, 3.05) is 6.61 Å². The Hall–Kier alpha value is -1.35. The summed E-state index contributed by atoms with van der Waals surface area (Å²) in [5.41, 5.74) is 7.10. The number of aryl methyl sites for hydroxylation is 1. The third kappa shape index (κ3) is 4.94. The molecule has 0 saturated carbocycles. The molecule has 0 aromatic heterocycles. The molecule has 0 bridgehead atoms. The zero-order valence-electron chi connectivity index (χ0n) is 9.69. The first kappa shape index (κ1) is 12.7. The summed E-state index contributed by atoms with van der Waals surface area (Å²) in [5.74, 6) is -0.205. The number of carbonyl (C=O) groups is 1. The number of ether oxygens (including phenoxy) is 1. The van der Waals surface area contributed by atoms with Crippen LogP contribution < -0.4 is 5.73 Å². The molecule has 0 aliphatic heterocycles. The van der Waals surface area contributed by atoms with Gasteiger partial charge < -0.3 is 10.5 Å². The van der Waals surface area contributed by atoms with Crippen LogP contribution in [0, 0.1) is 0 Å². The third-order valence-corrected chi connectivity index (χ3v) is 2.38. The van der Waals surface area contributed by atoms with Crippen molar-refractivity contribution >= 4 is 5.97 Å². The van der Waals surface area contributed by atoms with E-state index in [4.69, 9.17) is 10.5 Å². The molecule has 3 heteroatoms. The highest BCUT2D eigenvalue weighted by atomic mass is 16.5. The summed E-state index contributed by atoms with van der Waals surface area (Å²) in [6.07, 6.45) is 2.02. The normalized spacial score (nSPS) is 12.1. The Balaban J connectivity index is 2.25. The van der Waals surface area contributed by atoms with Crippen molar-refractivity contribution in [1.29, 1.82) is 0 Å². The van der Waals surface area contributed by atoms with Gasteiger partial charge in [-0.2, -0.15) is 0 Å². The molecule has 0 fully saturated rings. The maximum atomic E-state index is 11.2. The maximum absolute atomic E-state index is 11.2. The molecule has 1 aromatic carbocycles. The standard InChI is InChI=1S/C13H19NO2/c1-2-16-13(15)10-12(14)9-8-11-6-4-3-5-7-11/h3-7,12H,2,8-10,14H2,1H3. The van der Waals surface area contributed by atoms with Crippen molar-refractivity contribution in [3.8, 4) is 0 Å². The molecule has 1 unspecified atom stereocenters. The zero-order chi connectivity index (χ0) is 11.8. The Morgan fingerprint density at radius 1 is 1.38 bits per heavy atom. The highest BCUT2D eigenvalue weighted by Crippen LogP contribution is 2.06. The number of nitrogens with two attached hydrogens (primary N) is 1. The molecule has 88 valence electrons. The predicted octanol–water partition coefficient (Wildman–Crippen LogP) is 1.90. The van der Waals surface area contributed by atoms with Gasteiger partial charge in [0.2, 0.25) is 0 Å².